The van der Waals surface area contributed by atoms with Crippen LogP contribution in [0.4, 0.5) is 11.4 Å². The summed E-state index contributed by atoms with van der Waals surface area (Å²) >= 11 is 0. The molecule has 0 bridgehead atoms. The zero-order chi connectivity index (χ0) is 13.2. The Morgan fingerprint density at radius 1 is 1.32 bits per heavy atom. The number of nitrogens with zero attached hydrogens (tertiary/aromatic N) is 3. The second-order valence-electron chi connectivity index (χ2n) is 4.61. The maximum absolute atomic E-state index is 11.9. The van der Waals surface area contributed by atoms with E-state index >= 15 is 0 Å². The highest BCUT2D eigenvalue weighted by atomic mass is 16.6. The van der Waals surface area contributed by atoms with E-state index < -0.39 is 0 Å². The van der Waals surface area contributed by atoms with Gasteiger partial charge in [0.1, 0.15) is 0 Å². The lowest BCUT2D eigenvalue weighted by Crippen LogP contribution is -2.33. The van der Waals surface area contributed by atoms with Crippen molar-refractivity contribution in [3.63, 3.8) is 0 Å². The minimum atomic E-state index is 0.0962. The third-order valence-corrected chi connectivity index (χ3v) is 3.34. The molecule has 1 saturated heterocycles. The second-order valence-corrected chi connectivity index (χ2v) is 4.61. The Balaban J connectivity index is 1.73. The summed E-state index contributed by atoms with van der Waals surface area (Å²) in [6, 6.07) is 3.49. The normalized spacial score (nSPS) is 15.1. The molecule has 1 aliphatic heterocycles. The van der Waals surface area contributed by atoms with Crippen LogP contribution in [0.2, 0.25) is 0 Å². The van der Waals surface area contributed by atoms with E-state index in [1.807, 2.05) is 4.90 Å². The van der Waals surface area contributed by atoms with Crippen molar-refractivity contribution in [2.75, 3.05) is 30.7 Å². The van der Waals surface area contributed by atoms with Crippen LogP contribution in [0.5, 0.6) is 0 Å². The average molecular weight is 261 g/mol. The van der Waals surface area contributed by atoms with Crippen LogP contribution in [0.25, 0.3) is 11.0 Å². The highest BCUT2D eigenvalue weighted by Gasteiger charge is 2.18. The van der Waals surface area contributed by atoms with Crippen molar-refractivity contribution >= 4 is 28.3 Å². The first-order valence-electron chi connectivity index (χ1n) is 6.28. The number of nitrogens with one attached hydrogen (secondary N) is 1. The molecular formula is C12H15N5O2. The fourth-order valence-electron chi connectivity index (χ4n) is 2.28. The summed E-state index contributed by atoms with van der Waals surface area (Å²) in [4.78, 5) is 13.8. The van der Waals surface area contributed by atoms with Crippen LogP contribution in [-0.4, -0.2) is 40.8 Å². The number of anilines is 2. The van der Waals surface area contributed by atoms with Crippen molar-refractivity contribution in [1.29, 1.82) is 0 Å². The van der Waals surface area contributed by atoms with Crippen LogP contribution < -0.4 is 11.1 Å². The van der Waals surface area contributed by atoms with E-state index in [2.05, 4.69) is 20.3 Å². The minimum Gasteiger partial charge on any atom is -0.397 e. The van der Waals surface area contributed by atoms with Crippen LogP contribution >= 0.6 is 0 Å². The zero-order valence-electron chi connectivity index (χ0n) is 10.4. The molecule has 0 aliphatic carbocycles. The number of fused-ring (bicyclic) bond motifs is 1. The van der Waals surface area contributed by atoms with E-state index in [1.165, 1.54) is 0 Å². The van der Waals surface area contributed by atoms with Crippen molar-refractivity contribution in [1.82, 2.24) is 15.2 Å². The molecule has 19 heavy (non-hydrogen) atoms. The topological polar surface area (TPSA) is 97.3 Å². The molecule has 1 aromatic carbocycles. The monoisotopic (exact) mass is 261 g/mol. The van der Waals surface area contributed by atoms with Crippen LogP contribution in [0.1, 0.15) is 12.8 Å². The van der Waals surface area contributed by atoms with Gasteiger partial charge in [0.15, 0.2) is 11.0 Å². The number of hydrogen-bond acceptors (Lipinski definition) is 6. The van der Waals surface area contributed by atoms with Crippen LogP contribution in [-0.2, 0) is 4.79 Å². The largest absolute Gasteiger partial charge is 0.397 e. The Morgan fingerprint density at radius 2 is 2.05 bits per heavy atom. The van der Waals surface area contributed by atoms with E-state index in [-0.39, 0.29) is 12.5 Å². The van der Waals surface area contributed by atoms with Gasteiger partial charge in [-0.25, -0.2) is 4.63 Å². The molecule has 2 aromatic rings. The Morgan fingerprint density at radius 3 is 2.84 bits per heavy atom. The highest BCUT2D eigenvalue weighted by Crippen LogP contribution is 2.24. The molecule has 1 amide bonds. The maximum Gasteiger partial charge on any atom is 0.241 e. The molecule has 3 N–H and O–H groups in total. The summed E-state index contributed by atoms with van der Waals surface area (Å²) in [6.07, 6.45) is 2.18. The van der Waals surface area contributed by atoms with Crippen molar-refractivity contribution < 1.29 is 9.42 Å². The van der Waals surface area contributed by atoms with Crippen molar-refractivity contribution in [2.24, 2.45) is 0 Å². The Kier molecular flexibility index (Phi) is 2.94. The number of nitrogens with two attached hydrogens (primary N) is 1. The van der Waals surface area contributed by atoms with E-state index in [0.717, 1.165) is 25.9 Å². The number of amides is 1. The maximum atomic E-state index is 11.9. The standard InChI is InChI=1S/C12H15N5O2/c13-8-3-4-9(12-11(8)15-19-16-12)14-7-10(18)17-5-1-2-6-17/h3-4,14H,1-2,5-7,13H2. The van der Waals surface area contributed by atoms with Gasteiger partial charge in [0.25, 0.3) is 0 Å². The number of carbonyl (C=O) groups is 1. The summed E-state index contributed by atoms with van der Waals surface area (Å²) in [5, 5.41) is 10.6. The molecule has 0 radical (unpaired) electrons. The average Bonchev–Trinajstić information content (AvgIpc) is 3.09. The van der Waals surface area contributed by atoms with E-state index in [4.69, 9.17) is 5.73 Å². The van der Waals surface area contributed by atoms with Gasteiger partial charge in [-0.3, -0.25) is 4.79 Å². The Hall–Kier alpha value is -2.31. The molecule has 1 aromatic heterocycles. The fourth-order valence-corrected chi connectivity index (χ4v) is 2.28. The number of hydrogen-bond donors (Lipinski definition) is 2. The lowest BCUT2D eigenvalue weighted by Gasteiger charge is -2.16. The summed E-state index contributed by atoms with van der Waals surface area (Å²) in [5.74, 6) is 0.0962. The van der Waals surface area contributed by atoms with Gasteiger partial charge in [-0.15, -0.1) is 0 Å². The molecule has 0 unspecified atom stereocenters. The summed E-state index contributed by atoms with van der Waals surface area (Å²) in [6.45, 7) is 1.94. The van der Waals surface area contributed by atoms with E-state index in [0.29, 0.717) is 22.4 Å². The van der Waals surface area contributed by atoms with Crippen molar-refractivity contribution in [3.05, 3.63) is 12.1 Å². The molecular weight excluding hydrogens is 246 g/mol. The van der Waals surface area contributed by atoms with Crippen LogP contribution in [0, 0.1) is 0 Å². The lowest BCUT2D eigenvalue weighted by atomic mass is 10.2. The molecule has 1 fully saturated rings. The molecule has 7 nitrogen and oxygen atoms in total. The molecule has 1 aliphatic rings. The number of carbonyl (C=O) groups excluding carboxylic acids is 1. The van der Waals surface area contributed by atoms with E-state index in [1.54, 1.807) is 12.1 Å². The predicted molar refractivity (Wildman–Crippen MR) is 70.5 cm³/mol. The number of aromatic nitrogens is 2. The molecule has 0 spiro atoms. The van der Waals surface area contributed by atoms with Gasteiger partial charge in [0.2, 0.25) is 5.91 Å². The van der Waals surface area contributed by atoms with Crippen molar-refractivity contribution in [3.8, 4) is 0 Å². The van der Waals surface area contributed by atoms with Crippen molar-refractivity contribution in [2.45, 2.75) is 12.8 Å². The predicted octanol–water partition coefficient (Wildman–Crippen LogP) is 0.839. The molecule has 100 valence electrons. The smallest absolute Gasteiger partial charge is 0.241 e. The quantitative estimate of drug-likeness (QED) is 0.794. The van der Waals surface area contributed by atoms with Gasteiger partial charge >= 0.3 is 0 Å². The minimum absolute atomic E-state index is 0.0962. The molecule has 3 rings (SSSR count). The van der Waals surface area contributed by atoms with Gasteiger partial charge in [-0.1, -0.05) is 0 Å². The first-order chi connectivity index (χ1) is 9.25. The second kappa shape index (κ2) is 4.75. The number of rotatable bonds is 3. The summed E-state index contributed by atoms with van der Waals surface area (Å²) in [7, 11) is 0. The Labute approximate surface area is 109 Å². The molecule has 0 atom stereocenters. The van der Waals surface area contributed by atoms with Gasteiger partial charge in [0, 0.05) is 13.1 Å². The molecule has 2 heterocycles. The van der Waals surface area contributed by atoms with Gasteiger partial charge in [0.05, 0.1) is 17.9 Å². The molecule has 7 heteroatoms. The number of benzene rings is 1. The fraction of sp³-hybridized carbons (Fsp3) is 0.417. The SMILES string of the molecule is Nc1ccc(NCC(=O)N2CCCC2)c2nonc12. The van der Waals surface area contributed by atoms with Crippen LogP contribution in [0.3, 0.4) is 0 Å². The van der Waals surface area contributed by atoms with Gasteiger partial charge in [-0.05, 0) is 35.3 Å². The first-order valence-corrected chi connectivity index (χ1v) is 6.28. The number of likely N-dealkylation sites (tertiary alicyclic amines) is 1. The highest BCUT2D eigenvalue weighted by molar-refractivity contribution is 5.96. The summed E-state index contributed by atoms with van der Waals surface area (Å²) < 4.78 is 4.68. The third-order valence-electron chi connectivity index (χ3n) is 3.34. The van der Waals surface area contributed by atoms with Gasteiger partial charge in [-0.2, -0.15) is 0 Å². The van der Waals surface area contributed by atoms with Gasteiger partial charge < -0.3 is 16.0 Å². The Bertz CT molecular complexity index is 603. The van der Waals surface area contributed by atoms with Crippen LogP contribution in [0.15, 0.2) is 16.8 Å². The molecule has 0 saturated carbocycles. The zero-order valence-corrected chi connectivity index (χ0v) is 10.4. The number of nitrogen functional groups attached to an aromatic ring is 1. The third kappa shape index (κ3) is 2.18. The lowest BCUT2D eigenvalue weighted by molar-refractivity contribution is -0.128. The van der Waals surface area contributed by atoms with E-state index in [9.17, 15) is 4.79 Å². The summed E-state index contributed by atoms with van der Waals surface area (Å²) in [5.41, 5.74) is 8.04. The first kappa shape index (κ1) is 11.8.